The summed E-state index contributed by atoms with van der Waals surface area (Å²) in [6, 6.07) is 12.1. The third-order valence-electron chi connectivity index (χ3n) is 7.37. The molecule has 1 saturated heterocycles. The van der Waals surface area contributed by atoms with Crippen molar-refractivity contribution >= 4 is 52.5 Å². The van der Waals surface area contributed by atoms with E-state index < -0.39 is 11.7 Å². The van der Waals surface area contributed by atoms with Crippen LogP contribution in [0.25, 0.3) is 0 Å². The lowest BCUT2D eigenvalue weighted by Gasteiger charge is -2.39. The highest BCUT2D eigenvalue weighted by Crippen LogP contribution is 2.37. The van der Waals surface area contributed by atoms with Crippen LogP contribution in [0.1, 0.15) is 41.3 Å². The Balaban J connectivity index is 1.41. The maximum Gasteiger partial charge on any atom is 0.294 e. The van der Waals surface area contributed by atoms with Gasteiger partial charge in [-0.25, -0.2) is 9.97 Å². The SMILES string of the molecule is CN(C)C(=O)C(=O)c1cccc(CC(=O)Cc2cccc(Sc3ncc(N4CCC(C)(CN)CC4)nc3N)c2Cl)c1. The Morgan fingerprint density at radius 1 is 1.10 bits per heavy atom. The fourth-order valence-electron chi connectivity index (χ4n) is 4.62. The Morgan fingerprint density at radius 2 is 1.80 bits per heavy atom. The van der Waals surface area contributed by atoms with Gasteiger partial charge in [-0.3, -0.25) is 14.4 Å². The number of amides is 1. The smallest absolute Gasteiger partial charge is 0.294 e. The largest absolute Gasteiger partial charge is 0.381 e. The van der Waals surface area contributed by atoms with E-state index in [4.69, 9.17) is 23.1 Å². The molecule has 0 radical (unpaired) electrons. The zero-order valence-electron chi connectivity index (χ0n) is 23.5. The van der Waals surface area contributed by atoms with Gasteiger partial charge in [-0.15, -0.1) is 0 Å². The molecule has 216 valence electrons. The van der Waals surface area contributed by atoms with Gasteiger partial charge in [-0.1, -0.05) is 60.6 Å². The van der Waals surface area contributed by atoms with Crippen LogP contribution in [0.3, 0.4) is 0 Å². The Labute approximate surface area is 249 Å². The van der Waals surface area contributed by atoms with Crippen LogP contribution >= 0.6 is 23.4 Å². The van der Waals surface area contributed by atoms with E-state index in [2.05, 4.69) is 21.8 Å². The molecule has 1 aliphatic rings. The summed E-state index contributed by atoms with van der Waals surface area (Å²) in [5, 5.41) is 0.991. The van der Waals surface area contributed by atoms with Crippen LogP contribution in [0, 0.1) is 5.41 Å². The number of Topliss-reactive ketones (excluding diaryl/α,β-unsaturated/α-hetero) is 2. The number of carbonyl (C=O) groups is 3. The molecule has 0 atom stereocenters. The van der Waals surface area contributed by atoms with E-state index in [0.717, 1.165) is 36.6 Å². The molecular formula is C30H35ClN6O3S. The summed E-state index contributed by atoms with van der Waals surface area (Å²) < 4.78 is 0. The normalized spacial score (nSPS) is 14.5. The van der Waals surface area contributed by atoms with Gasteiger partial charge >= 0.3 is 0 Å². The van der Waals surface area contributed by atoms with Gasteiger partial charge in [0.15, 0.2) is 5.82 Å². The average Bonchev–Trinajstić information content (AvgIpc) is 2.95. The number of nitrogens with two attached hydrogens (primary N) is 2. The lowest BCUT2D eigenvalue weighted by atomic mass is 9.80. The van der Waals surface area contributed by atoms with Gasteiger partial charge in [0.2, 0.25) is 5.78 Å². The predicted molar refractivity (Wildman–Crippen MR) is 163 cm³/mol. The number of anilines is 2. The van der Waals surface area contributed by atoms with Crippen LogP contribution in [0.5, 0.6) is 0 Å². The van der Waals surface area contributed by atoms with E-state index >= 15 is 0 Å². The first-order valence-corrected chi connectivity index (χ1v) is 14.6. The second-order valence-electron chi connectivity index (χ2n) is 10.9. The van der Waals surface area contributed by atoms with E-state index in [1.165, 1.54) is 30.8 Å². The molecule has 4 N–H and O–H groups in total. The minimum atomic E-state index is -0.615. The van der Waals surface area contributed by atoms with Gasteiger partial charge in [0, 0.05) is 50.5 Å². The number of aromatic nitrogens is 2. The molecule has 0 saturated carbocycles. The molecule has 1 aromatic heterocycles. The first-order chi connectivity index (χ1) is 19.5. The fourth-order valence-corrected chi connectivity index (χ4v) is 5.76. The summed E-state index contributed by atoms with van der Waals surface area (Å²) in [5.74, 6) is -0.241. The third kappa shape index (κ3) is 7.44. The van der Waals surface area contributed by atoms with E-state index in [-0.39, 0.29) is 29.6 Å². The molecule has 3 aromatic rings. The van der Waals surface area contributed by atoms with Crippen molar-refractivity contribution in [2.45, 2.75) is 42.5 Å². The summed E-state index contributed by atoms with van der Waals surface area (Å²) in [4.78, 5) is 50.7. The number of nitrogens with zero attached hydrogens (tertiary/aromatic N) is 4. The standard InChI is InChI=1S/C30H35ClN6O3S/c1-30(18-32)10-12-37(13-11-30)24-17-34-28(27(33)35-24)41-23-9-5-7-20(25(23)31)16-22(38)15-19-6-4-8-21(14-19)26(39)29(40)36(2)3/h4-9,14,17H,10-13,15-16,18,32H2,1-3H3,(H2,33,35). The molecule has 0 aliphatic carbocycles. The molecule has 1 aliphatic heterocycles. The van der Waals surface area contributed by atoms with Crippen LogP contribution in [-0.2, 0) is 22.4 Å². The highest BCUT2D eigenvalue weighted by Gasteiger charge is 2.29. The second-order valence-corrected chi connectivity index (χ2v) is 12.3. The topological polar surface area (TPSA) is 136 Å². The summed E-state index contributed by atoms with van der Waals surface area (Å²) in [5.41, 5.74) is 14.0. The van der Waals surface area contributed by atoms with Gasteiger partial charge in [-0.05, 0) is 48.1 Å². The van der Waals surface area contributed by atoms with Crippen LogP contribution in [0.15, 0.2) is 58.6 Å². The fraction of sp³-hybridized carbons (Fsp3) is 0.367. The molecule has 4 rings (SSSR count). The molecule has 2 heterocycles. The molecule has 0 unspecified atom stereocenters. The van der Waals surface area contributed by atoms with Crippen molar-refractivity contribution in [1.82, 2.24) is 14.9 Å². The van der Waals surface area contributed by atoms with E-state index in [0.29, 0.717) is 33.5 Å². The third-order valence-corrected chi connectivity index (χ3v) is 8.99. The molecule has 2 aromatic carbocycles. The highest BCUT2D eigenvalue weighted by atomic mass is 35.5. The van der Waals surface area contributed by atoms with Crippen LogP contribution < -0.4 is 16.4 Å². The molecular weight excluding hydrogens is 560 g/mol. The number of nitrogen functional groups attached to an aromatic ring is 1. The van der Waals surface area contributed by atoms with Gasteiger partial charge in [-0.2, -0.15) is 0 Å². The molecule has 11 heteroatoms. The minimum absolute atomic E-state index is 0.0755. The van der Waals surface area contributed by atoms with Crippen molar-refractivity contribution in [3.63, 3.8) is 0 Å². The van der Waals surface area contributed by atoms with Crippen molar-refractivity contribution in [1.29, 1.82) is 0 Å². The number of piperidine rings is 1. The van der Waals surface area contributed by atoms with E-state index in [9.17, 15) is 14.4 Å². The molecule has 41 heavy (non-hydrogen) atoms. The Morgan fingerprint density at radius 3 is 2.46 bits per heavy atom. The number of likely N-dealkylation sites (N-methyl/N-ethyl adjacent to an activating group) is 1. The number of benzene rings is 2. The number of hydrogen-bond acceptors (Lipinski definition) is 9. The number of ketones is 2. The van der Waals surface area contributed by atoms with Crippen molar-refractivity contribution in [2.75, 3.05) is 44.4 Å². The molecule has 0 spiro atoms. The molecule has 0 bridgehead atoms. The van der Waals surface area contributed by atoms with Crippen molar-refractivity contribution < 1.29 is 14.4 Å². The predicted octanol–water partition coefficient (Wildman–Crippen LogP) is 4.05. The Hall–Kier alpha value is -3.47. The van der Waals surface area contributed by atoms with Gasteiger partial charge < -0.3 is 21.3 Å². The minimum Gasteiger partial charge on any atom is -0.381 e. The lowest BCUT2D eigenvalue weighted by molar-refractivity contribution is -0.124. The summed E-state index contributed by atoms with van der Waals surface area (Å²) >= 11 is 8.02. The average molecular weight is 595 g/mol. The number of halogens is 1. The van der Waals surface area contributed by atoms with Crippen LogP contribution in [-0.4, -0.2) is 66.1 Å². The number of hydrogen-bond donors (Lipinski definition) is 2. The monoisotopic (exact) mass is 594 g/mol. The van der Waals surface area contributed by atoms with Gasteiger partial charge in [0.05, 0.1) is 11.2 Å². The quantitative estimate of drug-likeness (QED) is 0.263. The van der Waals surface area contributed by atoms with E-state index in [1.807, 2.05) is 18.2 Å². The highest BCUT2D eigenvalue weighted by molar-refractivity contribution is 7.99. The Bertz CT molecular complexity index is 1460. The zero-order valence-corrected chi connectivity index (χ0v) is 25.1. The summed E-state index contributed by atoms with van der Waals surface area (Å²) in [6.07, 6.45) is 3.92. The summed E-state index contributed by atoms with van der Waals surface area (Å²) in [6.45, 7) is 4.59. The van der Waals surface area contributed by atoms with Crippen molar-refractivity contribution in [3.05, 3.63) is 70.4 Å². The number of carbonyl (C=O) groups excluding carboxylic acids is 3. The van der Waals surface area contributed by atoms with E-state index in [1.54, 1.807) is 30.5 Å². The lowest BCUT2D eigenvalue weighted by Crippen LogP contribution is -2.42. The van der Waals surface area contributed by atoms with Crippen LogP contribution in [0.4, 0.5) is 11.6 Å². The first-order valence-electron chi connectivity index (χ1n) is 13.4. The second kappa shape index (κ2) is 13.0. The Kier molecular flexibility index (Phi) is 9.68. The van der Waals surface area contributed by atoms with Crippen LogP contribution in [0.2, 0.25) is 5.02 Å². The van der Waals surface area contributed by atoms with Crippen molar-refractivity contribution in [2.24, 2.45) is 11.1 Å². The summed E-state index contributed by atoms with van der Waals surface area (Å²) in [7, 11) is 3.04. The molecule has 1 fully saturated rings. The first kappa shape index (κ1) is 30.5. The van der Waals surface area contributed by atoms with Gasteiger partial charge in [0.1, 0.15) is 16.6 Å². The number of rotatable bonds is 10. The maximum atomic E-state index is 12.9. The maximum absolute atomic E-state index is 12.9. The van der Waals surface area contributed by atoms with Crippen molar-refractivity contribution in [3.8, 4) is 0 Å². The zero-order chi connectivity index (χ0) is 29.7. The van der Waals surface area contributed by atoms with Gasteiger partial charge in [0.25, 0.3) is 5.91 Å². The molecule has 1 amide bonds. The molecule has 9 nitrogen and oxygen atoms in total.